The summed E-state index contributed by atoms with van der Waals surface area (Å²) in [4.78, 5) is 0. The van der Waals surface area contributed by atoms with Crippen LogP contribution in [0.1, 0.15) is 106 Å². The fourth-order valence-corrected chi connectivity index (χ4v) is 3.50. The molecule has 0 aromatic carbocycles. The Morgan fingerprint density at radius 2 is 1.12 bits per heavy atom. The van der Waals surface area contributed by atoms with Gasteiger partial charge in [-0.15, -0.1) is 0 Å². The van der Waals surface area contributed by atoms with Gasteiger partial charge in [0, 0.05) is 13.2 Å². The van der Waals surface area contributed by atoms with E-state index in [9.17, 15) is 0 Å². The molecule has 25 heavy (non-hydrogen) atoms. The molecule has 0 saturated heterocycles. The summed E-state index contributed by atoms with van der Waals surface area (Å²) in [7, 11) is 0. The van der Waals surface area contributed by atoms with Crippen LogP contribution in [0.25, 0.3) is 0 Å². The molecular weight excluding hydrogens is 304 g/mol. The van der Waals surface area contributed by atoms with E-state index in [1.165, 1.54) is 64.2 Å². The van der Waals surface area contributed by atoms with Crippen LogP contribution in [0, 0.1) is 11.8 Å². The summed E-state index contributed by atoms with van der Waals surface area (Å²) in [5, 5.41) is 0. The molecule has 0 N–H and O–H groups in total. The van der Waals surface area contributed by atoms with Crippen molar-refractivity contribution in [3.05, 3.63) is 23.3 Å². The lowest BCUT2D eigenvalue weighted by atomic mass is 9.96. The van der Waals surface area contributed by atoms with Gasteiger partial charge >= 0.3 is 0 Å². The fraction of sp³-hybridized carbons (Fsp3) is 0.833. The van der Waals surface area contributed by atoms with Crippen LogP contribution in [-0.2, 0) is 4.74 Å². The van der Waals surface area contributed by atoms with Crippen LogP contribution in [0.3, 0.4) is 0 Å². The maximum atomic E-state index is 6.13. The minimum absolute atomic E-state index is 0.738. The van der Waals surface area contributed by atoms with E-state index >= 15 is 0 Å². The van der Waals surface area contributed by atoms with E-state index in [-0.39, 0.29) is 0 Å². The van der Waals surface area contributed by atoms with E-state index < -0.39 is 0 Å². The third kappa shape index (κ3) is 12.4. The molecule has 0 heterocycles. The molecule has 0 amide bonds. The minimum Gasteiger partial charge on any atom is -0.381 e. The van der Waals surface area contributed by atoms with Crippen molar-refractivity contribution < 1.29 is 4.74 Å². The fourth-order valence-electron chi connectivity index (χ4n) is 3.50. The van der Waals surface area contributed by atoms with Crippen molar-refractivity contribution in [2.45, 2.75) is 106 Å². The summed E-state index contributed by atoms with van der Waals surface area (Å²) >= 11 is 0. The second-order valence-electron chi connectivity index (χ2n) is 7.47. The number of hydrogen-bond acceptors (Lipinski definition) is 1. The molecule has 0 fully saturated rings. The molecule has 0 aliphatic carbocycles. The Bertz CT molecular complexity index is 319. The van der Waals surface area contributed by atoms with Crippen LogP contribution >= 0.6 is 0 Å². The maximum absolute atomic E-state index is 6.13. The Kier molecular flexibility index (Phi) is 16.5. The van der Waals surface area contributed by atoms with E-state index in [1.807, 2.05) is 0 Å². The van der Waals surface area contributed by atoms with Gasteiger partial charge in [0.25, 0.3) is 0 Å². The lowest BCUT2D eigenvalue weighted by Crippen LogP contribution is -2.15. The number of allylic oxidation sites excluding steroid dienone is 4. The smallest absolute Gasteiger partial charge is 0.0494 e. The van der Waals surface area contributed by atoms with E-state index in [0.29, 0.717) is 0 Å². The molecule has 0 radical (unpaired) electrons. The third-order valence-corrected chi connectivity index (χ3v) is 5.81. The summed E-state index contributed by atoms with van der Waals surface area (Å²) in [6.45, 7) is 15.4. The molecule has 2 unspecified atom stereocenters. The van der Waals surface area contributed by atoms with E-state index in [1.54, 1.807) is 11.1 Å². The van der Waals surface area contributed by atoms with Crippen molar-refractivity contribution >= 4 is 0 Å². The lowest BCUT2D eigenvalue weighted by molar-refractivity contribution is 0.0631. The molecule has 0 bridgehead atoms. The average molecular weight is 351 g/mol. The summed E-state index contributed by atoms with van der Waals surface area (Å²) in [6, 6.07) is 0. The van der Waals surface area contributed by atoms with Crippen LogP contribution in [0.5, 0.6) is 0 Å². The van der Waals surface area contributed by atoms with Gasteiger partial charge in [0.05, 0.1) is 0 Å². The first-order chi connectivity index (χ1) is 12.1. The normalized spacial score (nSPS) is 15.4. The first-order valence-electron chi connectivity index (χ1n) is 11.0. The Balaban J connectivity index is 3.97. The van der Waals surface area contributed by atoms with Crippen molar-refractivity contribution in [2.75, 3.05) is 13.2 Å². The van der Waals surface area contributed by atoms with Crippen LogP contribution in [0.15, 0.2) is 23.3 Å². The molecule has 0 aliphatic heterocycles. The molecule has 0 rings (SSSR count). The highest BCUT2D eigenvalue weighted by atomic mass is 16.5. The van der Waals surface area contributed by atoms with E-state index in [2.05, 4.69) is 53.7 Å². The largest absolute Gasteiger partial charge is 0.381 e. The van der Waals surface area contributed by atoms with Crippen molar-refractivity contribution in [3.8, 4) is 0 Å². The van der Waals surface area contributed by atoms with Crippen molar-refractivity contribution in [2.24, 2.45) is 11.8 Å². The Morgan fingerprint density at radius 1 is 0.720 bits per heavy atom. The van der Waals surface area contributed by atoms with Gasteiger partial charge in [-0.1, -0.05) is 63.8 Å². The molecular formula is C24H46O. The van der Waals surface area contributed by atoms with Crippen LogP contribution < -0.4 is 0 Å². The summed E-state index contributed by atoms with van der Waals surface area (Å²) in [6.07, 6.45) is 17.3. The van der Waals surface area contributed by atoms with Crippen LogP contribution in [-0.4, -0.2) is 13.2 Å². The predicted octanol–water partition coefficient (Wildman–Crippen LogP) is 8.11. The van der Waals surface area contributed by atoms with Crippen LogP contribution in [0.4, 0.5) is 0 Å². The van der Waals surface area contributed by atoms with Crippen molar-refractivity contribution in [1.29, 1.82) is 0 Å². The second-order valence-corrected chi connectivity index (χ2v) is 7.47. The van der Waals surface area contributed by atoms with Gasteiger partial charge in [-0.2, -0.15) is 0 Å². The van der Waals surface area contributed by atoms with Gasteiger partial charge < -0.3 is 4.74 Å². The summed E-state index contributed by atoms with van der Waals surface area (Å²) in [5.74, 6) is 1.48. The highest BCUT2D eigenvalue weighted by Crippen LogP contribution is 2.20. The lowest BCUT2D eigenvalue weighted by Gasteiger charge is -2.19. The summed E-state index contributed by atoms with van der Waals surface area (Å²) in [5.41, 5.74) is 3.21. The third-order valence-electron chi connectivity index (χ3n) is 5.81. The summed E-state index contributed by atoms with van der Waals surface area (Å²) < 4.78 is 6.13. The highest BCUT2D eigenvalue weighted by Gasteiger charge is 2.11. The molecule has 148 valence electrons. The Morgan fingerprint density at radius 3 is 1.40 bits per heavy atom. The van der Waals surface area contributed by atoms with Crippen molar-refractivity contribution in [3.63, 3.8) is 0 Å². The number of rotatable bonds is 16. The van der Waals surface area contributed by atoms with Gasteiger partial charge in [-0.3, -0.25) is 0 Å². The van der Waals surface area contributed by atoms with Crippen molar-refractivity contribution in [1.82, 2.24) is 0 Å². The average Bonchev–Trinajstić information content (AvgIpc) is 2.65. The molecule has 2 atom stereocenters. The zero-order valence-electron chi connectivity index (χ0n) is 18.2. The zero-order valence-corrected chi connectivity index (χ0v) is 18.2. The standard InChI is InChI=1S/C24H46O/c1-7-21(8-2)15-13-17-23(11-5)19-25-20-24(12-6)18-14-16-22(9-3)10-4/h7,9,23-24H,8,10-20H2,1-6H3. The van der Waals surface area contributed by atoms with E-state index in [0.717, 1.165) is 25.0 Å². The zero-order chi connectivity index (χ0) is 18.9. The SMILES string of the molecule is CC=C(CC)CCCC(CC)COCC(CC)CCCC(=CC)CC. The van der Waals surface area contributed by atoms with Gasteiger partial charge in [0.15, 0.2) is 0 Å². The first kappa shape index (κ1) is 24.4. The molecule has 1 heteroatoms. The van der Waals surface area contributed by atoms with Gasteiger partial charge in [-0.25, -0.2) is 0 Å². The predicted molar refractivity (Wildman–Crippen MR) is 114 cm³/mol. The molecule has 0 spiro atoms. The number of hydrogen-bond donors (Lipinski definition) is 0. The molecule has 0 aromatic rings. The molecule has 0 saturated carbocycles. The van der Waals surface area contributed by atoms with E-state index in [4.69, 9.17) is 4.74 Å². The molecule has 0 aromatic heterocycles. The molecule has 0 aliphatic rings. The second kappa shape index (κ2) is 16.9. The highest BCUT2D eigenvalue weighted by molar-refractivity contribution is 4.99. The Labute approximate surface area is 159 Å². The minimum atomic E-state index is 0.738. The first-order valence-corrected chi connectivity index (χ1v) is 11.0. The topological polar surface area (TPSA) is 9.23 Å². The quantitative estimate of drug-likeness (QED) is 0.255. The maximum Gasteiger partial charge on any atom is 0.0494 e. The van der Waals surface area contributed by atoms with Gasteiger partial charge in [0.1, 0.15) is 0 Å². The van der Waals surface area contributed by atoms with Gasteiger partial charge in [-0.05, 0) is 77.0 Å². The van der Waals surface area contributed by atoms with Crippen LogP contribution in [0.2, 0.25) is 0 Å². The molecule has 1 nitrogen and oxygen atoms in total. The number of ether oxygens (including phenoxy) is 1. The monoisotopic (exact) mass is 350 g/mol. The Hall–Kier alpha value is -0.560. The van der Waals surface area contributed by atoms with Gasteiger partial charge in [0.2, 0.25) is 0 Å².